The maximum absolute atomic E-state index is 12.3. The molecule has 3 rings (SSSR count). The molecule has 6 heteroatoms. The van der Waals surface area contributed by atoms with Gasteiger partial charge in [-0.3, -0.25) is 9.44 Å². The third kappa shape index (κ3) is 1.99. The summed E-state index contributed by atoms with van der Waals surface area (Å²) in [5, 5.41) is 19.5. The number of rotatable bonds is 0. The van der Waals surface area contributed by atoms with Gasteiger partial charge in [-0.15, -0.1) is 0 Å². The molecule has 94 valence electrons. The van der Waals surface area contributed by atoms with E-state index in [0.717, 1.165) is 17.0 Å². The second-order valence-electron chi connectivity index (χ2n) is 4.09. The van der Waals surface area contributed by atoms with Gasteiger partial charge in [0.2, 0.25) is 0 Å². The van der Waals surface area contributed by atoms with Crippen molar-refractivity contribution in [1.82, 2.24) is 0 Å². The van der Waals surface area contributed by atoms with Crippen LogP contribution in [0.4, 0.5) is 4.79 Å². The number of hydroxylamine groups is 3. The first kappa shape index (κ1) is 12.3. The highest BCUT2D eigenvalue weighted by Gasteiger charge is 2.39. The summed E-state index contributed by atoms with van der Waals surface area (Å²) in [6.07, 6.45) is 7.92. The Morgan fingerprint density at radius 2 is 2.11 bits per heavy atom. The summed E-state index contributed by atoms with van der Waals surface area (Å²) in [6.45, 7) is 0.462. The van der Waals surface area contributed by atoms with Gasteiger partial charge in [-0.1, -0.05) is 0 Å². The number of fused-ring (bicyclic) bond motifs is 3. The third-order valence-corrected chi connectivity index (χ3v) is 2.87. The summed E-state index contributed by atoms with van der Waals surface area (Å²) in [5.74, 6) is 0.0809. The van der Waals surface area contributed by atoms with E-state index in [-0.39, 0.29) is 10.4 Å². The lowest BCUT2D eigenvalue weighted by Crippen LogP contribution is -2.34. The Kier molecular flexibility index (Phi) is 2.90. The molecule has 0 aromatic rings. The zero-order valence-electron chi connectivity index (χ0n) is 9.50. The van der Waals surface area contributed by atoms with Gasteiger partial charge in [-0.25, -0.2) is 4.79 Å². The van der Waals surface area contributed by atoms with Crippen molar-refractivity contribution < 1.29 is 19.3 Å². The molecule has 3 N–H and O–H groups in total. The number of primary amides is 1. The summed E-state index contributed by atoms with van der Waals surface area (Å²) in [6, 6.07) is 0. The van der Waals surface area contributed by atoms with E-state index in [1.54, 1.807) is 12.2 Å². The highest BCUT2D eigenvalue weighted by Crippen LogP contribution is 2.42. The number of nitrogens with two attached hydrogens (primary N) is 1. The van der Waals surface area contributed by atoms with Crippen molar-refractivity contribution in [3.63, 3.8) is 0 Å². The second-order valence-corrected chi connectivity index (χ2v) is 4.09. The van der Waals surface area contributed by atoms with Gasteiger partial charge in [-0.2, -0.15) is 0 Å². The van der Waals surface area contributed by atoms with Crippen molar-refractivity contribution in [2.75, 3.05) is 6.54 Å². The maximum Gasteiger partial charge on any atom is 0.402 e. The SMILES string of the molecule is NC(=O)O.O=C1C=C2C=C3C=CC[N+]3([O-])C2=CC1. The summed E-state index contributed by atoms with van der Waals surface area (Å²) in [4.78, 5) is 19.9. The minimum absolute atomic E-state index is 0.0809. The molecule has 1 unspecified atom stereocenters. The fourth-order valence-electron chi connectivity index (χ4n) is 2.19. The molecule has 1 amide bonds. The van der Waals surface area contributed by atoms with Crippen LogP contribution in [-0.4, -0.2) is 28.2 Å². The number of hydrogen-bond donors (Lipinski definition) is 2. The van der Waals surface area contributed by atoms with Crippen molar-refractivity contribution in [2.24, 2.45) is 5.73 Å². The quantitative estimate of drug-likeness (QED) is 0.496. The second kappa shape index (κ2) is 4.25. The van der Waals surface area contributed by atoms with Crippen LogP contribution in [0.15, 0.2) is 47.3 Å². The molecule has 0 saturated carbocycles. The molecule has 0 aromatic carbocycles. The summed E-state index contributed by atoms with van der Waals surface area (Å²) in [5.41, 5.74) is 6.32. The van der Waals surface area contributed by atoms with Gasteiger partial charge in [0.1, 0.15) is 17.9 Å². The zero-order chi connectivity index (χ0) is 13.3. The minimum Gasteiger partial charge on any atom is -0.622 e. The highest BCUT2D eigenvalue weighted by molar-refractivity contribution is 5.94. The predicted molar refractivity (Wildman–Crippen MR) is 63.7 cm³/mol. The first-order valence-corrected chi connectivity index (χ1v) is 5.35. The number of carboxylic acid groups (broad SMARTS) is 1. The van der Waals surface area contributed by atoms with Gasteiger partial charge in [0, 0.05) is 24.1 Å². The van der Waals surface area contributed by atoms with Crippen LogP contribution < -0.4 is 5.73 Å². The summed E-state index contributed by atoms with van der Waals surface area (Å²) < 4.78 is -0.390. The van der Waals surface area contributed by atoms with Crippen molar-refractivity contribution in [2.45, 2.75) is 6.42 Å². The molecular weight excluding hydrogens is 236 g/mol. The molecule has 0 aromatic heterocycles. The monoisotopic (exact) mass is 248 g/mol. The lowest BCUT2D eigenvalue weighted by molar-refractivity contribution is -0.782. The number of amides is 1. The first-order chi connectivity index (χ1) is 8.43. The van der Waals surface area contributed by atoms with E-state index in [1.165, 1.54) is 0 Å². The van der Waals surface area contributed by atoms with Gasteiger partial charge in [0.15, 0.2) is 5.78 Å². The number of hydrogen-bond acceptors (Lipinski definition) is 3. The van der Waals surface area contributed by atoms with E-state index in [1.807, 2.05) is 18.2 Å². The van der Waals surface area contributed by atoms with Crippen molar-refractivity contribution in [1.29, 1.82) is 0 Å². The number of ketones is 1. The molecule has 2 heterocycles. The van der Waals surface area contributed by atoms with Crippen LogP contribution in [0.5, 0.6) is 0 Å². The standard InChI is InChI=1S/C11H9NO2.CH3NO2/c13-10-3-4-11-8(7-10)6-9-2-1-5-12(9,11)14;2-1(3)4/h1-2,4,6-7H,3,5H2;2H2,(H,3,4). The number of nitrogens with zero attached hydrogens (tertiary/aromatic N) is 1. The molecule has 0 saturated heterocycles. The molecule has 2 aliphatic heterocycles. The maximum atomic E-state index is 12.3. The Hall–Kier alpha value is -2.18. The molecule has 6 nitrogen and oxygen atoms in total. The van der Waals surface area contributed by atoms with Crippen LogP contribution in [0.2, 0.25) is 0 Å². The van der Waals surface area contributed by atoms with Crippen LogP contribution in [0.1, 0.15) is 6.42 Å². The lowest BCUT2D eigenvalue weighted by atomic mass is 10.0. The molecule has 0 bridgehead atoms. The van der Waals surface area contributed by atoms with Crippen molar-refractivity contribution >= 4 is 11.9 Å². The molecule has 0 spiro atoms. The Bertz CT molecular complexity index is 538. The molecule has 18 heavy (non-hydrogen) atoms. The number of allylic oxidation sites excluding steroid dienone is 4. The molecular formula is C12H12N2O4. The van der Waals surface area contributed by atoms with Gasteiger partial charge in [0.25, 0.3) is 0 Å². The van der Waals surface area contributed by atoms with Crippen LogP contribution in [0, 0.1) is 5.21 Å². The molecule has 3 aliphatic rings. The first-order valence-electron chi connectivity index (χ1n) is 5.35. The van der Waals surface area contributed by atoms with Crippen LogP contribution in [0.3, 0.4) is 0 Å². The van der Waals surface area contributed by atoms with E-state index < -0.39 is 6.09 Å². The normalized spacial score (nSPS) is 27.4. The Morgan fingerprint density at radius 3 is 2.78 bits per heavy atom. The van der Waals surface area contributed by atoms with Gasteiger partial charge >= 0.3 is 6.09 Å². The van der Waals surface area contributed by atoms with E-state index in [0.29, 0.717) is 13.0 Å². The lowest BCUT2D eigenvalue weighted by Gasteiger charge is -2.37. The van der Waals surface area contributed by atoms with Crippen molar-refractivity contribution in [3.8, 4) is 0 Å². The van der Waals surface area contributed by atoms with Crippen molar-refractivity contribution in [3.05, 3.63) is 52.6 Å². The molecule has 1 atom stereocenters. The van der Waals surface area contributed by atoms with Gasteiger partial charge < -0.3 is 16.0 Å². The summed E-state index contributed by atoms with van der Waals surface area (Å²) in [7, 11) is 0. The predicted octanol–water partition coefficient (Wildman–Crippen LogP) is 1.17. The van der Waals surface area contributed by atoms with Crippen LogP contribution >= 0.6 is 0 Å². The van der Waals surface area contributed by atoms with Crippen LogP contribution in [0.25, 0.3) is 0 Å². The largest absolute Gasteiger partial charge is 0.622 e. The van der Waals surface area contributed by atoms with E-state index in [2.05, 4.69) is 5.73 Å². The topological polar surface area (TPSA) is 103 Å². The average Bonchev–Trinajstić information content (AvgIpc) is 2.70. The van der Waals surface area contributed by atoms with E-state index >= 15 is 0 Å². The van der Waals surface area contributed by atoms with Gasteiger partial charge in [0.05, 0.1) is 0 Å². The van der Waals surface area contributed by atoms with E-state index in [9.17, 15) is 10.0 Å². The number of carbonyl (C=O) groups is 2. The molecule has 0 radical (unpaired) electrons. The zero-order valence-corrected chi connectivity index (χ0v) is 9.50. The average molecular weight is 248 g/mol. The smallest absolute Gasteiger partial charge is 0.402 e. The summed E-state index contributed by atoms with van der Waals surface area (Å²) >= 11 is 0. The third-order valence-electron chi connectivity index (χ3n) is 2.87. The molecule has 0 fully saturated rings. The Morgan fingerprint density at radius 1 is 1.44 bits per heavy atom. The molecule has 1 aliphatic carbocycles. The highest BCUT2D eigenvalue weighted by atomic mass is 16.5. The minimum atomic E-state index is -1.33. The van der Waals surface area contributed by atoms with Crippen LogP contribution in [-0.2, 0) is 4.79 Å². The fourth-order valence-corrected chi connectivity index (χ4v) is 2.19. The van der Waals surface area contributed by atoms with E-state index in [4.69, 9.17) is 9.90 Å². The Balaban J connectivity index is 0.000000267. The number of quaternary nitrogens is 1. The Labute approximate surface area is 103 Å². The number of carbonyl (C=O) groups excluding carboxylic acids is 1. The fraction of sp³-hybridized carbons (Fsp3) is 0.167. The van der Waals surface area contributed by atoms with Gasteiger partial charge in [-0.05, 0) is 18.2 Å².